The van der Waals surface area contributed by atoms with E-state index in [1.165, 1.54) is 24.3 Å². The molecule has 10 nitrogen and oxygen atoms in total. The molecule has 3 aromatic rings. The minimum Gasteiger partial charge on any atom is -0.459 e. The van der Waals surface area contributed by atoms with Gasteiger partial charge in [0.15, 0.2) is 5.75 Å². The van der Waals surface area contributed by atoms with Gasteiger partial charge in [-0.25, -0.2) is 0 Å². The topological polar surface area (TPSA) is 158 Å². The summed E-state index contributed by atoms with van der Waals surface area (Å²) in [6.45, 7) is 4.68. The van der Waals surface area contributed by atoms with Crippen LogP contribution in [-0.4, -0.2) is 66.7 Å². The van der Waals surface area contributed by atoms with Crippen molar-refractivity contribution in [2.75, 3.05) is 13.2 Å². The summed E-state index contributed by atoms with van der Waals surface area (Å²) in [7, 11) is 0. The highest BCUT2D eigenvalue weighted by Gasteiger charge is 2.21. The van der Waals surface area contributed by atoms with Gasteiger partial charge in [-0.05, 0) is 45.0 Å². The number of rotatable bonds is 6. The maximum absolute atomic E-state index is 10.9. The van der Waals surface area contributed by atoms with Crippen molar-refractivity contribution in [3.63, 3.8) is 0 Å². The molecule has 34 heavy (non-hydrogen) atoms. The molecule has 2 aromatic carbocycles. The van der Waals surface area contributed by atoms with Crippen LogP contribution in [0.1, 0.15) is 20.8 Å². The molecule has 2 unspecified atom stereocenters. The van der Waals surface area contributed by atoms with Crippen LogP contribution in [0, 0.1) is 10.1 Å². The van der Waals surface area contributed by atoms with Crippen molar-refractivity contribution in [1.82, 2.24) is 4.57 Å². The lowest BCUT2D eigenvalue weighted by atomic mass is 10.2. The van der Waals surface area contributed by atoms with Gasteiger partial charge in [0.1, 0.15) is 6.10 Å². The van der Waals surface area contributed by atoms with Crippen LogP contribution >= 0.6 is 23.2 Å². The Morgan fingerprint density at radius 3 is 2.06 bits per heavy atom. The molecular formula is C22H28Cl2N2O8. The number of fused-ring (bicyclic) bond motifs is 1. The molecule has 0 fully saturated rings. The summed E-state index contributed by atoms with van der Waals surface area (Å²) < 4.78 is 6.86. The number of hydrogen-bond donors (Lipinski definition) is 5. The van der Waals surface area contributed by atoms with Gasteiger partial charge in [0, 0.05) is 42.1 Å². The molecule has 0 spiro atoms. The van der Waals surface area contributed by atoms with E-state index in [1.54, 1.807) is 43.7 Å². The molecule has 3 rings (SSSR count). The van der Waals surface area contributed by atoms with Gasteiger partial charge in [-0.3, -0.25) is 10.1 Å². The highest BCUT2D eigenvalue weighted by molar-refractivity contribution is 6.37. The van der Waals surface area contributed by atoms with Crippen molar-refractivity contribution in [2.45, 2.75) is 39.3 Å². The molecule has 188 valence electrons. The number of non-ortho nitro benzene ring substituents is 1. The third-order valence-corrected chi connectivity index (χ3v) is 4.46. The zero-order valence-corrected chi connectivity index (χ0v) is 20.3. The summed E-state index contributed by atoms with van der Waals surface area (Å²) in [5.74, 6) is -0.0471. The molecule has 2 atom stereocenters. The van der Waals surface area contributed by atoms with Gasteiger partial charge in [0.2, 0.25) is 6.29 Å². The fourth-order valence-electron chi connectivity index (χ4n) is 2.56. The van der Waals surface area contributed by atoms with Gasteiger partial charge < -0.3 is 34.8 Å². The van der Waals surface area contributed by atoms with Crippen LogP contribution in [0.5, 0.6) is 5.75 Å². The average Bonchev–Trinajstić information content (AvgIpc) is 3.18. The third kappa shape index (κ3) is 8.41. The summed E-state index contributed by atoms with van der Waals surface area (Å²) in [6.07, 6.45) is -1.67. The number of aliphatic hydroxyl groups is 5. The van der Waals surface area contributed by atoms with E-state index in [9.17, 15) is 20.3 Å². The van der Waals surface area contributed by atoms with Gasteiger partial charge >= 0.3 is 0 Å². The molecule has 0 aliphatic carbocycles. The predicted molar refractivity (Wildman–Crippen MR) is 130 cm³/mol. The van der Waals surface area contributed by atoms with E-state index in [0.717, 1.165) is 0 Å². The molecule has 0 aliphatic heterocycles. The molecule has 0 aliphatic rings. The van der Waals surface area contributed by atoms with Crippen molar-refractivity contribution < 1.29 is 35.2 Å². The van der Waals surface area contributed by atoms with E-state index in [1.807, 2.05) is 0 Å². The number of aromatic nitrogens is 1. The second-order valence-corrected chi connectivity index (χ2v) is 7.91. The Labute approximate surface area is 206 Å². The molecule has 0 saturated carbocycles. The zero-order valence-electron chi connectivity index (χ0n) is 18.8. The molecule has 0 amide bonds. The number of nitro benzene ring substituents is 1. The first-order valence-electron chi connectivity index (χ1n) is 10.1. The average molecular weight is 519 g/mol. The van der Waals surface area contributed by atoms with Crippen LogP contribution in [0.3, 0.4) is 0 Å². The highest BCUT2D eigenvalue weighted by Crippen LogP contribution is 2.37. The summed E-state index contributed by atoms with van der Waals surface area (Å²) in [5.41, 5.74) is 1.26. The molecule has 1 aromatic heterocycles. The normalized spacial score (nSPS) is 12.3. The molecule has 0 bridgehead atoms. The number of aliphatic hydroxyl groups excluding tert-OH is 5. The maximum Gasteiger partial charge on any atom is 0.270 e. The molecule has 12 heteroatoms. The number of nitro groups is 1. The quantitative estimate of drug-likeness (QED) is 0.189. The largest absolute Gasteiger partial charge is 0.459 e. The van der Waals surface area contributed by atoms with Crippen molar-refractivity contribution in [1.29, 1.82) is 0 Å². The smallest absolute Gasteiger partial charge is 0.270 e. The van der Waals surface area contributed by atoms with Gasteiger partial charge in [-0.1, -0.05) is 23.2 Å². The maximum atomic E-state index is 10.9. The molecule has 0 radical (unpaired) electrons. The van der Waals surface area contributed by atoms with E-state index in [4.69, 9.17) is 43.3 Å². The number of halogens is 2. The van der Waals surface area contributed by atoms with Gasteiger partial charge in [0.25, 0.3) is 5.69 Å². The van der Waals surface area contributed by atoms with Crippen LogP contribution < -0.4 is 4.74 Å². The highest BCUT2D eigenvalue weighted by atomic mass is 35.5. The summed E-state index contributed by atoms with van der Waals surface area (Å²) in [4.78, 5) is 10.4. The Morgan fingerprint density at radius 1 is 1.06 bits per heavy atom. The summed E-state index contributed by atoms with van der Waals surface area (Å²) >= 11 is 12.4. The monoisotopic (exact) mass is 518 g/mol. The number of ether oxygens (including phenoxy) is 1. The van der Waals surface area contributed by atoms with E-state index < -0.39 is 23.9 Å². The Balaban J connectivity index is 0.000000732. The fourth-order valence-corrected chi connectivity index (χ4v) is 3.12. The Hall–Kier alpha value is -2.44. The zero-order chi connectivity index (χ0) is 26.0. The lowest BCUT2D eigenvalue weighted by Gasteiger charge is -2.19. The van der Waals surface area contributed by atoms with Crippen molar-refractivity contribution in [2.24, 2.45) is 0 Å². The number of nitrogens with zero attached hydrogens (tertiary/aromatic N) is 2. The Bertz CT molecular complexity index is 1050. The van der Waals surface area contributed by atoms with Gasteiger partial charge in [-0.2, -0.15) is 0 Å². The number of benzene rings is 2. The predicted octanol–water partition coefficient (Wildman–Crippen LogP) is 3.28. The van der Waals surface area contributed by atoms with Crippen LogP contribution in [0.15, 0.2) is 42.6 Å². The van der Waals surface area contributed by atoms with Gasteiger partial charge in [0.05, 0.1) is 27.1 Å². The Kier molecular flexibility index (Phi) is 12.2. The van der Waals surface area contributed by atoms with Crippen molar-refractivity contribution >= 4 is 39.8 Å². The molecule has 0 saturated heterocycles. The second-order valence-electron chi connectivity index (χ2n) is 7.09. The minimum atomic E-state index is -1.70. The third-order valence-electron chi connectivity index (χ3n) is 3.90. The second kappa shape index (κ2) is 14.1. The van der Waals surface area contributed by atoms with E-state index in [-0.39, 0.29) is 34.2 Å². The first-order valence-corrected chi connectivity index (χ1v) is 10.9. The molecular weight excluding hydrogens is 491 g/mol. The first-order chi connectivity index (χ1) is 16.0. The minimum absolute atomic E-state index is 0.0171. The van der Waals surface area contributed by atoms with E-state index in [2.05, 4.69) is 0 Å². The first kappa shape index (κ1) is 29.6. The SMILES string of the molecule is CC(C)O.CCO.O=[N+]([O-])c1ccc2c(ccn2-c2cc(Cl)c(OC(O)C(O)CO)c(Cl)c2)c1. The van der Waals surface area contributed by atoms with Gasteiger partial charge in [-0.15, -0.1) is 0 Å². The van der Waals surface area contributed by atoms with E-state index >= 15 is 0 Å². The summed E-state index contributed by atoms with van der Waals surface area (Å²) in [5, 5.41) is 55.3. The van der Waals surface area contributed by atoms with Crippen LogP contribution in [-0.2, 0) is 0 Å². The summed E-state index contributed by atoms with van der Waals surface area (Å²) in [6, 6.07) is 9.24. The fraction of sp³-hybridized carbons (Fsp3) is 0.364. The number of hydrogen-bond acceptors (Lipinski definition) is 8. The standard InChI is InChI=1S/C17H14Cl2N2O6.C3H8O.C2H6O/c18-12-6-11(7-13(19)16(12)27-17(24)15(23)8-22)20-4-3-9-5-10(21(25)26)1-2-14(9)20;1-3(2)4;1-2-3/h1-7,15,17,22-24H,8H2;3-4H,1-2H3;3H,2H2,1H3. The van der Waals surface area contributed by atoms with Crippen molar-refractivity contribution in [3.8, 4) is 11.4 Å². The van der Waals surface area contributed by atoms with Crippen LogP contribution in [0.25, 0.3) is 16.6 Å². The van der Waals surface area contributed by atoms with Crippen LogP contribution in [0.4, 0.5) is 5.69 Å². The molecule has 5 N–H and O–H groups in total. The molecule has 1 heterocycles. The Morgan fingerprint density at radius 2 is 1.59 bits per heavy atom. The lowest BCUT2D eigenvalue weighted by Crippen LogP contribution is -2.34. The van der Waals surface area contributed by atoms with E-state index in [0.29, 0.717) is 16.6 Å². The van der Waals surface area contributed by atoms with Crippen molar-refractivity contribution in [3.05, 3.63) is 62.8 Å². The van der Waals surface area contributed by atoms with Crippen LogP contribution in [0.2, 0.25) is 10.0 Å². The lowest BCUT2D eigenvalue weighted by molar-refractivity contribution is -0.384.